The standard InChI is InChI=1S/C17H19N3O4/c21-14-12-6-8-20(10-11-4-2-1-3-5-11)9-7-13(16(23)18-14)17(24)19-15(12)22/h1-5,12-13H,6-10H2,(H,18,21,23)(H,19,22,24). The van der Waals surface area contributed by atoms with Crippen molar-refractivity contribution in [3.63, 3.8) is 0 Å². The monoisotopic (exact) mass is 329 g/mol. The average Bonchev–Trinajstić information content (AvgIpc) is 2.54. The molecule has 7 heteroatoms. The zero-order chi connectivity index (χ0) is 17.1. The Labute approximate surface area is 139 Å². The Morgan fingerprint density at radius 1 is 0.792 bits per heavy atom. The van der Waals surface area contributed by atoms with Crippen molar-refractivity contribution in [2.45, 2.75) is 19.4 Å². The van der Waals surface area contributed by atoms with Gasteiger partial charge in [0.2, 0.25) is 23.6 Å². The lowest BCUT2D eigenvalue weighted by atomic mass is 9.95. The smallest absolute Gasteiger partial charge is 0.239 e. The molecule has 2 bridgehead atoms. The Hall–Kier alpha value is -2.54. The van der Waals surface area contributed by atoms with E-state index in [1.165, 1.54) is 0 Å². The van der Waals surface area contributed by atoms with E-state index >= 15 is 0 Å². The van der Waals surface area contributed by atoms with Crippen molar-refractivity contribution in [1.29, 1.82) is 0 Å². The van der Waals surface area contributed by atoms with Crippen LogP contribution in [-0.2, 0) is 25.7 Å². The van der Waals surface area contributed by atoms with Crippen molar-refractivity contribution in [2.24, 2.45) is 11.8 Å². The molecular formula is C17H19N3O4. The van der Waals surface area contributed by atoms with Crippen LogP contribution in [0, 0.1) is 11.8 Å². The highest BCUT2D eigenvalue weighted by molar-refractivity contribution is 6.18. The summed E-state index contributed by atoms with van der Waals surface area (Å²) < 4.78 is 0. The van der Waals surface area contributed by atoms with Crippen molar-refractivity contribution in [2.75, 3.05) is 13.1 Å². The first kappa shape index (κ1) is 16.3. The van der Waals surface area contributed by atoms with Crippen LogP contribution in [0.1, 0.15) is 18.4 Å². The summed E-state index contributed by atoms with van der Waals surface area (Å²) in [5.41, 5.74) is 1.10. The van der Waals surface area contributed by atoms with Crippen molar-refractivity contribution in [3.8, 4) is 0 Å². The molecule has 3 heterocycles. The van der Waals surface area contributed by atoms with Gasteiger partial charge >= 0.3 is 0 Å². The van der Waals surface area contributed by atoms with Crippen molar-refractivity contribution in [3.05, 3.63) is 35.9 Å². The molecular weight excluding hydrogens is 310 g/mol. The minimum absolute atomic E-state index is 0.260. The first-order valence-electron chi connectivity index (χ1n) is 8.00. The molecule has 0 atom stereocenters. The minimum atomic E-state index is -1.03. The number of rotatable bonds is 2. The fourth-order valence-corrected chi connectivity index (χ4v) is 3.09. The van der Waals surface area contributed by atoms with Crippen molar-refractivity contribution < 1.29 is 19.2 Å². The predicted octanol–water partition coefficient (Wildman–Crippen LogP) is -0.186. The van der Waals surface area contributed by atoms with Gasteiger partial charge in [0.25, 0.3) is 0 Å². The molecule has 1 aromatic carbocycles. The van der Waals surface area contributed by atoms with Gasteiger partial charge in [-0.2, -0.15) is 0 Å². The molecule has 4 rings (SSSR count). The van der Waals surface area contributed by atoms with Gasteiger partial charge in [-0.3, -0.25) is 34.7 Å². The molecule has 0 unspecified atom stereocenters. The van der Waals surface area contributed by atoms with E-state index < -0.39 is 35.5 Å². The largest absolute Gasteiger partial charge is 0.299 e. The van der Waals surface area contributed by atoms with E-state index in [1.807, 2.05) is 30.3 Å². The molecule has 126 valence electrons. The molecule has 0 spiro atoms. The van der Waals surface area contributed by atoms with Gasteiger partial charge in [-0.1, -0.05) is 30.3 Å². The maximum absolute atomic E-state index is 12.1. The quantitative estimate of drug-likeness (QED) is 0.579. The Morgan fingerprint density at radius 2 is 1.25 bits per heavy atom. The van der Waals surface area contributed by atoms with E-state index in [4.69, 9.17) is 0 Å². The summed E-state index contributed by atoms with van der Waals surface area (Å²) in [7, 11) is 0. The van der Waals surface area contributed by atoms with Crippen LogP contribution in [0.3, 0.4) is 0 Å². The van der Waals surface area contributed by atoms with E-state index in [2.05, 4.69) is 15.5 Å². The van der Waals surface area contributed by atoms with Crippen LogP contribution in [0.5, 0.6) is 0 Å². The highest BCUT2D eigenvalue weighted by atomic mass is 16.2. The van der Waals surface area contributed by atoms with Crippen LogP contribution in [0.25, 0.3) is 0 Å². The summed E-state index contributed by atoms with van der Waals surface area (Å²) in [5, 5.41) is 4.40. The van der Waals surface area contributed by atoms with Gasteiger partial charge < -0.3 is 0 Å². The van der Waals surface area contributed by atoms with Crippen LogP contribution in [-0.4, -0.2) is 41.6 Å². The SMILES string of the molecule is O=C1NC(=O)C2CCN(Cc3ccccc3)CCC1C(=O)NC2=O. The normalized spacial score (nSPS) is 25.8. The average molecular weight is 329 g/mol. The molecule has 4 amide bonds. The van der Waals surface area contributed by atoms with Gasteiger partial charge in [-0.05, 0) is 31.5 Å². The first-order chi connectivity index (χ1) is 11.5. The van der Waals surface area contributed by atoms with Gasteiger partial charge in [-0.15, -0.1) is 0 Å². The Morgan fingerprint density at radius 3 is 1.71 bits per heavy atom. The third-order valence-corrected chi connectivity index (χ3v) is 4.48. The molecule has 3 aliphatic rings. The van der Waals surface area contributed by atoms with Crippen LogP contribution in [0.4, 0.5) is 0 Å². The summed E-state index contributed by atoms with van der Waals surface area (Å²) in [6, 6.07) is 9.81. The molecule has 7 nitrogen and oxygen atoms in total. The molecule has 0 aromatic heterocycles. The topological polar surface area (TPSA) is 95.6 Å². The lowest BCUT2D eigenvalue weighted by Gasteiger charge is -2.30. The molecule has 0 radical (unpaired) electrons. The van der Waals surface area contributed by atoms with E-state index in [-0.39, 0.29) is 12.8 Å². The zero-order valence-electron chi connectivity index (χ0n) is 13.2. The van der Waals surface area contributed by atoms with Crippen LogP contribution >= 0.6 is 0 Å². The minimum Gasteiger partial charge on any atom is -0.299 e. The predicted molar refractivity (Wildman–Crippen MR) is 84.2 cm³/mol. The number of nitrogens with zero attached hydrogens (tertiary/aromatic N) is 1. The number of hydrogen-bond acceptors (Lipinski definition) is 5. The summed E-state index contributed by atoms with van der Waals surface area (Å²) in [6.07, 6.45) is 0.519. The summed E-state index contributed by atoms with van der Waals surface area (Å²) in [5.74, 6) is -4.58. The van der Waals surface area contributed by atoms with Gasteiger partial charge in [0.15, 0.2) is 0 Å². The summed E-state index contributed by atoms with van der Waals surface area (Å²) >= 11 is 0. The fraction of sp³-hybridized carbons (Fsp3) is 0.412. The van der Waals surface area contributed by atoms with Gasteiger partial charge in [-0.25, -0.2) is 0 Å². The molecule has 0 aliphatic carbocycles. The summed E-state index contributed by atoms with van der Waals surface area (Å²) in [4.78, 5) is 50.5. The number of nitrogens with one attached hydrogen (secondary N) is 2. The van der Waals surface area contributed by atoms with Crippen molar-refractivity contribution in [1.82, 2.24) is 15.5 Å². The second-order valence-electron chi connectivity index (χ2n) is 6.15. The third-order valence-electron chi connectivity index (χ3n) is 4.48. The van der Waals surface area contributed by atoms with Crippen molar-refractivity contribution >= 4 is 23.6 Å². The van der Waals surface area contributed by atoms with Crippen LogP contribution in [0.15, 0.2) is 30.3 Å². The lowest BCUT2D eigenvalue weighted by Crippen LogP contribution is -2.56. The summed E-state index contributed by atoms with van der Waals surface area (Å²) in [6.45, 7) is 1.72. The second-order valence-corrected chi connectivity index (χ2v) is 6.15. The number of imide groups is 2. The molecule has 3 saturated heterocycles. The van der Waals surface area contributed by atoms with E-state index in [9.17, 15) is 19.2 Å². The number of benzene rings is 1. The molecule has 0 saturated carbocycles. The fourth-order valence-electron chi connectivity index (χ4n) is 3.09. The Bertz CT molecular complexity index is 608. The number of carbonyl (C=O) groups excluding carboxylic acids is 4. The van der Waals surface area contributed by atoms with Gasteiger partial charge in [0.05, 0.1) is 0 Å². The number of carbonyl (C=O) groups is 4. The maximum Gasteiger partial charge on any atom is 0.239 e. The highest BCUT2D eigenvalue weighted by Gasteiger charge is 2.39. The van der Waals surface area contributed by atoms with Crippen LogP contribution < -0.4 is 10.6 Å². The Kier molecular flexibility index (Phi) is 4.71. The van der Waals surface area contributed by atoms with E-state index in [0.29, 0.717) is 19.6 Å². The van der Waals surface area contributed by atoms with Gasteiger partial charge in [0, 0.05) is 6.54 Å². The third kappa shape index (κ3) is 3.51. The molecule has 24 heavy (non-hydrogen) atoms. The number of amides is 4. The van der Waals surface area contributed by atoms with E-state index in [0.717, 1.165) is 5.56 Å². The first-order valence-corrected chi connectivity index (χ1v) is 8.00. The Balaban J connectivity index is 1.83. The second kappa shape index (κ2) is 6.92. The lowest BCUT2D eigenvalue weighted by molar-refractivity contribution is -0.147. The molecule has 3 fully saturated rings. The number of fused-ring (bicyclic) bond motifs is 8. The highest BCUT2D eigenvalue weighted by Crippen LogP contribution is 2.17. The van der Waals surface area contributed by atoms with Gasteiger partial charge in [0.1, 0.15) is 11.8 Å². The maximum atomic E-state index is 12.1. The zero-order valence-corrected chi connectivity index (χ0v) is 13.2. The number of hydrogen-bond donors (Lipinski definition) is 2. The molecule has 3 aliphatic heterocycles. The molecule has 1 aromatic rings. The van der Waals surface area contributed by atoms with Crippen LogP contribution in [0.2, 0.25) is 0 Å². The molecule has 2 N–H and O–H groups in total. The van der Waals surface area contributed by atoms with E-state index in [1.54, 1.807) is 0 Å².